The van der Waals surface area contributed by atoms with E-state index >= 15 is 0 Å². The molecule has 128 valence electrons. The van der Waals surface area contributed by atoms with Crippen molar-refractivity contribution >= 4 is 6.03 Å². The van der Waals surface area contributed by atoms with Crippen molar-refractivity contribution in [2.75, 3.05) is 20.3 Å². The minimum absolute atomic E-state index is 0.141. The highest BCUT2D eigenvalue weighted by Gasteiger charge is 2.23. The van der Waals surface area contributed by atoms with Crippen LogP contribution in [0, 0.1) is 0 Å². The van der Waals surface area contributed by atoms with Crippen LogP contribution in [0.5, 0.6) is 0 Å². The Balaban J connectivity index is 1.63. The fourth-order valence-electron chi connectivity index (χ4n) is 3.16. The summed E-state index contributed by atoms with van der Waals surface area (Å²) in [4.78, 5) is 11.9. The number of amides is 2. The number of nitrogens with one attached hydrogen (secondary N) is 2. The van der Waals surface area contributed by atoms with Gasteiger partial charge in [0, 0.05) is 19.7 Å². The van der Waals surface area contributed by atoms with Crippen molar-refractivity contribution in [3.8, 4) is 0 Å². The molecule has 0 saturated heterocycles. The van der Waals surface area contributed by atoms with Crippen molar-refractivity contribution in [2.45, 2.75) is 50.2 Å². The number of carbonyl (C=O) groups excluding carboxylic acids is 1. The van der Waals surface area contributed by atoms with Gasteiger partial charge in [0.05, 0.1) is 12.7 Å². The third kappa shape index (κ3) is 6.20. The van der Waals surface area contributed by atoms with Crippen molar-refractivity contribution in [3.05, 3.63) is 35.9 Å². The third-order valence-electron chi connectivity index (χ3n) is 4.46. The van der Waals surface area contributed by atoms with Crippen LogP contribution in [0.2, 0.25) is 0 Å². The van der Waals surface area contributed by atoms with E-state index in [4.69, 9.17) is 4.74 Å². The third-order valence-corrected chi connectivity index (χ3v) is 4.46. The summed E-state index contributed by atoms with van der Waals surface area (Å²) < 4.78 is 4.85. The van der Waals surface area contributed by atoms with E-state index in [0.29, 0.717) is 25.5 Å². The largest absolute Gasteiger partial charge is 0.391 e. The van der Waals surface area contributed by atoms with Gasteiger partial charge < -0.3 is 20.5 Å². The van der Waals surface area contributed by atoms with Crippen LogP contribution in [0.1, 0.15) is 43.6 Å². The van der Waals surface area contributed by atoms with Gasteiger partial charge >= 0.3 is 6.03 Å². The van der Waals surface area contributed by atoms with Crippen LogP contribution in [-0.4, -0.2) is 43.5 Å². The first kappa shape index (κ1) is 17.8. The Morgan fingerprint density at radius 1 is 1.26 bits per heavy atom. The molecule has 1 aromatic carbocycles. The number of aliphatic hydroxyl groups excluding tert-OH is 1. The Morgan fingerprint density at radius 2 is 1.96 bits per heavy atom. The lowest BCUT2D eigenvalue weighted by molar-refractivity contribution is 0.0598. The van der Waals surface area contributed by atoms with Gasteiger partial charge in [-0.1, -0.05) is 30.3 Å². The summed E-state index contributed by atoms with van der Waals surface area (Å²) in [6.45, 7) is 0.752. The van der Waals surface area contributed by atoms with Crippen LogP contribution in [0.3, 0.4) is 0 Å². The van der Waals surface area contributed by atoms with Crippen molar-refractivity contribution in [3.63, 3.8) is 0 Å². The highest BCUT2D eigenvalue weighted by molar-refractivity contribution is 5.74. The molecule has 1 aromatic rings. The lowest BCUT2D eigenvalue weighted by Gasteiger charge is -2.29. The summed E-state index contributed by atoms with van der Waals surface area (Å²) in [6.07, 6.45) is 4.23. The average molecular weight is 320 g/mol. The van der Waals surface area contributed by atoms with E-state index in [9.17, 15) is 9.90 Å². The van der Waals surface area contributed by atoms with Crippen LogP contribution in [0.15, 0.2) is 30.3 Å². The van der Waals surface area contributed by atoms with Crippen LogP contribution in [0.25, 0.3) is 0 Å². The highest BCUT2D eigenvalue weighted by Crippen LogP contribution is 2.32. The fraction of sp³-hybridized carbons (Fsp3) is 0.611. The molecule has 0 bridgehead atoms. The monoisotopic (exact) mass is 320 g/mol. The second kappa shape index (κ2) is 9.53. The molecule has 1 aliphatic carbocycles. The summed E-state index contributed by atoms with van der Waals surface area (Å²) >= 11 is 0. The van der Waals surface area contributed by atoms with Gasteiger partial charge in [-0.05, 0) is 43.6 Å². The van der Waals surface area contributed by atoms with E-state index in [1.807, 2.05) is 6.07 Å². The van der Waals surface area contributed by atoms with Crippen molar-refractivity contribution < 1.29 is 14.6 Å². The minimum atomic E-state index is -0.526. The maximum absolute atomic E-state index is 11.9. The number of benzene rings is 1. The maximum atomic E-state index is 11.9. The Morgan fingerprint density at radius 3 is 2.61 bits per heavy atom. The normalized spacial score (nSPS) is 22.3. The van der Waals surface area contributed by atoms with Crippen LogP contribution in [-0.2, 0) is 4.74 Å². The van der Waals surface area contributed by atoms with Crippen molar-refractivity contribution in [2.24, 2.45) is 0 Å². The Kier molecular flexibility index (Phi) is 7.36. The number of carbonyl (C=O) groups is 1. The van der Waals surface area contributed by atoms with Gasteiger partial charge in [0.15, 0.2) is 0 Å². The molecule has 0 radical (unpaired) electrons. The van der Waals surface area contributed by atoms with Gasteiger partial charge in [-0.2, -0.15) is 0 Å². The highest BCUT2D eigenvalue weighted by atomic mass is 16.5. The zero-order valence-electron chi connectivity index (χ0n) is 13.8. The molecular weight excluding hydrogens is 292 g/mol. The number of hydrogen-bond donors (Lipinski definition) is 3. The number of methoxy groups -OCH3 is 1. The van der Waals surface area contributed by atoms with Gasteiger partial charge in [-0.15, -0.1) is 0 Å². The molecule has 0 aromatic heterocycles. The first-order valence-electron chi connectivity index (χ1n) is 8.45. The zero-order valence-corrected chi connectivity index (χ0v) is 13.8. The van der Waals surface area contributed by atoms with Gasteiger partial charge in [0.2, 0.25) is 0 Å². The Bertz CT molecular complexity index is 459. The van der Waals surface area contributed by atoms with E-state index in [1.54, 1.807) is 7.11 Å². The standard InChI is InChI=1S/C18H28N2O3/c1-23-13-17(21)11-12-19-18(22)20-16-9-7-15(8-10-16)14-5-3-2-4-6-14/h2-6,15-17,21H,7-13H2,1H3,(H2,19,20,22). The molecule has 0 aliphatic heterocycles. The maximum Gasteiger partial charge on any atom is 0.315 e. The Labute approximate surface area is 138 Å². The van der Waals surface area contributed by atoms with Gasteiger partial charge in [0.25, 0.3) is 0 Å². The summed E-state index contributed by atoms with van der Waals surface area (Å²) in [7, 11) is 1.55. The number of ether oxygens (including phenoxy) is 1. The summed E-state index contributed by atoms with van der Waals surface area (Å²) in [5.74, 6) is 0.613. The van der Waals surface area contributed by atoms with Gasteiger partial charge in [-0.3, -0.25) is 0 Å². The number of aliphatic hydroxyl groups is 1. The van der Waals surface area contributed by atoms with Crippen molar-refractivity contribution in [1.82, 2.24) is 10.6 Å². The Hall–Kier alpha value is -1.59. The molecule has 3 N–H and O–H groups in total. The van der Waals surface area contributed by atoms with Crippen LogP contribution < -0.4 is 10.6 Å². The predicted octanol–water partition coefficient (Wildman–Crippen LogP) is 2.41. The predicted molar refractivity (Wildman–Crippen MR) is 90.5 cm³/mol. The van der Waals surface area contributed by atoms with Crippen molar-refractivity contribution in [1.29, 1.82) is 0 Å². The van der Waals surface area contributed by atoms with E-state index in [1.165, 1.54) is 5.56 Å². The van der Waals surface area contributed by atoms with E-state index in [2.05, 4.69) is 34.9 Å². The molecule has 5 heteroatoms. The molecule has 1 fully saturated rings. The molecule has 0 spiro atoms. The van der Waals surface area contributed by atoms with E-state index in [0.717, 1.165) is 25.7 Å². The summed E-state index contributed by atoms with van der Waals surface area (Å²) in [6, 6.07) is 10.7. The molecule has 2 rings (SSSR count). The van der Waals surface area contributed by atoms with E-state index < -0.39 is 6.10 Å². The van der Waals surface area contributed by atoms with Gasteiger partial charge in [-0.25, -0.2) is 4.79 Å². The lowest BCUT2D eigenvalue weighted by atomic mass is 9.82. The molecule has 1 aliphatic rings. The lowest BCUT2D eigenvalue weighted by Crippen LogP contribution is -2.44. The zero-order chi connectivity index (χ0) is 16.5. The molecule has 1 saturated carbocycles. The first-order valence-corrected chi connectivity index (χ1v) is 8.45. The average Bonchev–Trinajstić information content (AvgIpc) is 2.56. The molecular formula is C18H28N2O3. The SMILES string of the molecule is COCC(O)CCNC(=O)NC1CCC(c2ccccc2)CC1. The molecule has 1 unspecified atom stereocenters. The first-order chi connectivity index (χ1) is 11.2. The van der Waals surface area contributed by atoms with Gasteiger partial charge in [0.1, 0.15) is 0 Å². The minimum Gasteiger partial charge on any atom is -0.391 e. The van der Waals surface area contributed by atoms with Crippen LogP contribution in [0.4, 0.5) is 4.79 Å². The summed E-state index contributed by atoms with van der Waals surface area (Å²) in [5.41, 5.74) is 1.41. The second-order valence-corrected chi connectivity index (χ2v) is 6.26. The second-order valence-electron chi connectivity index (χ2n) is 6.26. The molecule has 23 heavy (non-hydrogen) atoms. The quantitative estimate of drug-likeness (QED) is 0.722. The summed E-state index contributed by atoms with van der Waals surface area (Å²) in [5, 5.41) is 15.4. The van der Waals surface area contributed by atoms with Crippen LogP contribution >= 0.6 is 0 Å². The smallest absolute Gasteiger partial charge is 0.315 e. The number of hydrogen-bond acceptors (Lipinski definition) is 3. The molecule has 5 nitrogen and oxygen atoms in total. The molecule has 1 atom stereocenters. The molecule has 0 heterocycles. The fourth-order valence-corrected chi connectivity index (χ4v) is 3.16. The number of rotatable bonds is 7. The topological polar surface area (TPSA) is 70.6 Å². The van der Waals surface area contributed by atoms with E-state index in [-0.39, 0.29) is 12.1 Å². The number of urea groups is 1. The molecule has 2 amide bonds.